The number of nitrogen functional groups attached to an aromatic ring is 1. The molecule has 0 spiro atoms. The molecule has 3 aromatic heterocycles. The summed E-state index contributed by atoms with van der Waals surface area (Å²) in [5, 5.41) is 3.33. The van der Waals surface area contributed by atoms with Crippen LogP contribution in [0.3, 0.4) is 0 Å². The van der Waals surface area contributed by atoms with E-state index in [2.05, 4.69) is 56.2 Å². The van der Waals surface area contributed by atoms with Gasteiger partial charge in [0, 0.05) is 43.1 Å². The second-order valence-corrected chi connectivity index (χ2v) is 11.9. The van der Waals surface area contributed by atoms with Gasteiger partial charge in [-0.25, -0.2) is 15.0 Å². The molecule has 4 heterocycles. The first kappa shape index (κ1) is 31.2. The molecule has 10 heteroatoms. The van der Waals surface area contributed by atoms with E-state index < -0.39 is 0 Å². The van der Waals surface area contributed by atoms with Gasteiger partial charge in [-0.05, 0) is 61.1 Å². The third kappa shape index (κ3) is 6.05. The number of rotatable bonds is 8. The van der Waals surface area contributed by atoms with E-state index in [1.165, 1.54) is 17.3 Å². The Labute approximate surface area is 272 Å². The van der Waals surface area contributed by atoms with Gasteiger partial charge >= 0.3 is 0 Å². The summed E-state index contributed by atoms with van der Waals surface area (Å²) in [5.74, 6) is 1.10. The third-order valence-corrected chi connectivity index (χ3v) is 9.06. The number of benzene rings is 2. The molecule has 7 rings (SSSR count). The summed E-state index contributed by atoms with van der Waals surface area (Å²) in [4.78, 5) is 41.0. The Bertz CT molecular complexity index is 2020. The van der Waals surface area contributed by atoms with Crippen molar-refractivity contribution < 1.29 is 0 Å². The lowest BCUT2D eigenvalue weighted by molar-refractivity contribution is 0.211. The monoisotopic (exact) mass is 631 g/mol. The molecule has 9 nitrogen and oxygen atoms in total. The van der Waals surface area contributed by atoms with Crippen molar-refractivity contribution in [2.45, 2.75) is 44.2 Å². The zero-order valence-corrected chi connectivity index (χ0v) is 27.1. The van der Waals surface area contributed by atoms with E-state index in [1.54, 1.807) is 6.20 Å². The summed E-state index contributed by atoms with van der Waals surface area (Å²) in [6, 6.07) is 26.6. The minimum Gasteiger partial charge on any atom is -0.383 e. The van der Waals surface area contributed by atoms with Crippen molar-refractivity contribution in [3.05, 3.63) is 111 Å². The number of aromatic nitrogens is 4. The minimum absolute atomic E-state index is 0.198. The standard InChI is InChI=1S/C34H31N7O2S.C2H6/c1-44-31-28(29(42)30(31)43)37-23-15-18-40(19-16-23)20-21-9-11-24(12-10-21)41-33(25-8-5-17-36-32(25)35)39-27-14-13-26(38-34(27)41)22-6-3-2-4-7-22;1-2/h2-14,17,23,37H,15-16,18-20H2,1H3,(H2,35,36);1-2H3. The van der Waals surface area contributed by atoms with E-state index >= 15 is 0 Å². The highest BCUT2D eigenvalue weighted by atomic mass is 32.2. The first-order valence-corrected chi connectivity index (χ1v) is 16.8. The molecule has 1 saturated heterocycles. The summed E-state index contributed by atoms with van der Waals surface area (Å²) >= 11 is 1.34. The first-order chi connectivity index (χ1) is 22.5. The van der Waals surface area contributed by atoms with Crippen molar-refractivity contribution in [1.82, 2.24) is 24.4 Å². The number of imidazole rings is 1. The molecular formula is C36H37N7O2S. The molecule has 3 N–H and O–H groups in total. The van der Waals surface area contributed by atoms with Crippen LogP contribution in [-0.2, 0) is 6.54 Å². The molecule has 1 aliphatic heterocycles. The molecule has 0 unspecified atom stereocenters. The number of thioether (sulfide) groups is 1. The SMILES string of the molecule is CC.CSc1c(NC2CCN(Cc3ccc(-n4c(-c5cccnc5N)nc5ccc(-c6ccccc6)nc54)cc3)CC2)c(=O)c1=O. The largest absolute Gasteiger partial charge is 0.383 e. The smallest absolute Gasteiger partial charge is 0.251 e. The first-order valence-electron chi connectivity index (χ1n) is 15.6. The lowest BCUT2D eigenvalue weighted by atomic mass is 10.0. The number of pyridine rings is 2. The predicted molar refractivity (Wildman–Crippen MR) is 188 cm³/mol. The molecule has 0 radical (unpaired) electrons. The number of nitrogens with one attached hydrogen (secondary N) is 1. The quantitative estimate of drug-likeness (QED) is 0.151. The van der Waals surface area contributed by atoms with Crippen molar-refractivity contribution in [3.8, 4) is 28.3 Å². The van der Waals surface area contributed by atoms with E-state index in [9.17, 15) is 9.59 Å². The fourth-order valence-corrected chi connectivity index (χ4v) is 6.54. The summed E-state index contributed by atoms with van der Waals surface area (Å²) in [6.45, 7) is 6.64. The summed E-state index contributed by atoms with van der Waals surface area (Å²) in [5.41, 5.74) is 12.4. The highest BCUT2D eigenvalue weighted by Gasteiger charge is 2.25. The fourth-order valence-electron chi connectivity index (χ4n) is 5.90. The van der Waals surface area contributed by atoms with Gasteiger partial charge in [-0.15, -0.1) is 11.8 Å². The number of hydrogen-bond donors (Lipinski definition) is 2. The number of fused-ring (bicyclic) bond motifs is 1. The molecule has 0 aliphatic carbocycles. The minimum atomic E-state index is -0.386. The van der Waals surface area contributed by atoms with Crippen LogP contribution in [0.5, 0.6) is 0 Å². The van der Waals surface area contributed by atoms with Crippen molar-refractivity contribution in [1.29, 1.82) is 0 Å². The predicted octanol–water partition coefficient (Wildman–Crippen LogP) is 6.15. The van der Waals surface area contributed by atoms with E-state index in [-0.39, 0.29) is 16.9 Å². The van der Waals surface area contributed by atoms with Gasteiger partial charge in [-0.1, -0.05) is 56.3 Å². The lowest BCUT2D eigenvalue weighted by Gasteiger charge is -2.33. The second kappa shape index (κ2) is 13.7. The van der Waals surface area contributed by atoms with Gasteiger partial charge in [0.2, 0.25) is 5.43 Å². The number of nitrogens with zero attached hydrogens (tertiary/aromatic N) is 5. The van der Waals surface area contributed by atoms with Crippen molar-refractivity contribution in [2.24, 2.45) is 0 Å². The van der Waals surface area contributed by atoms with Crippen LogP contribution in [0.1, 0.15) is 32.3 Å². The van der Waals surface area contributed by atoms with Gasteiger partial charge in [0.05, 0.1) is 16.2 Å². The van der Waals surface area contributed by atoms with Gasteiger partial charge in [0.1, 0.15) is 17.0 Å². The number of anilines is 2. The van der Waals surface area contributed by atoms with Crippen LogP contribution >= 0.6 is 11.8 Å². The van der Waals surface area contributed by atoms with E-state index in [1.807, 2.05) is 62.6 Å². The highest BCUT2D eigenvalue weighted by molar-refractivity contribution is 7.98. The molecule has 0 bridgehead atoms. The van der Waals surface area contributed by atoms with Crippen LogP contribution in [-0.4, -0.2) is 49.8 Å². The second-order valence-electron chi connectivity index (χ2n) is 11.0. The maximum absolute atomic E-state index is 12.0. The molecule has 0 saturated carbocycles. The van der Waals surface area contributed by atoms with Crippen molar-refractivity contribution in [3.63, 3.8) is 0 Å². The Kier molecular flexibility index (Phi) is 9.28. The van der Waals surface area contributed by atoms with Crippen LogP contribution < -0.4 is 21.9 Å². The van der Waals surface area contributed by atoms with Crippen molar-refractivity contribution >= 4 is 34.4 Å². The zero-order valence-electron chi connectivity index (χ0n) is 26.2. The summed E-state index contributed by atoms with van der Waals surface area (Å²) in [6.07, 6.45) is 5.34. The Morgan fingerprint density at radius 3 is 2.33 bits per heavy atom. The third-order valence-electron chi connectivity index (χ3n) is 8.26. The van der Waals surface area contributed by atoms with Gasteiger partial charge in [-0.2, -0.15) is 0 Å². The molecular weight excluding hydrogens is 595 g/mol. The highest BCUT2D eigenvalue weighted by Crippen LogP contribution is 2.32. The van der Waals surface area contributed by atoms with Crippen LogP contribution in [0, 0.1) is 0 Å². The summed E-state index contributed by atoms with van der Waals surface area (Å²) in [7, 11) is 0. The maximum atomic E-state index is 12.0. The van der Waals surface area contributed by atoms with Crippen LogP contribution in [0.25, 0.3) is 39.5 Å². The maximum Gasteiger partial charge on any atom is 0.251 e. The molecule has 3 aromatic carbocycles. The van der Waals surface area contributed by atoms with Crippen LogP contribution in [0.4, 0.5) is 11.5 Å². The summed E-state index contributed by atoms with van der Waals surface area (Å²) < 4.78 is 2.06. The van der Waals surface area contributed by atoms with Gasteiger partial charge < -0.3 is 11.1 Å². The number of likely N-dealkylation sites (tertiary alicyclic amines) is 1. The lowest BCUT2D eigenvalue weighted by Crippen LogP contribution is -2.43. The van der Waals surface area contributed by atoms with Gasteiger partial charge in [-0.3, -0.25) is 19.1 Å². The topological polar surface area (TPSA) is 119 Å². The van der Waals surface area contributed by atoms with Gasteiger partial charge in [0.25, 0.3) is 5.43 Å². The molecule has 234 valence electrons. The van der Waals surface area contributed by atoms with Crippen LogP contribution in [0.2, 0.25) is 0 Å². The van der Waals surface area contributed by atoms with E-state index in [4.69, 9.17) is 15.7 Å². The fraction of sp³-hybridized carbons (Fsp3) is 0.250. The van der Waals surface area contributed by atoms with Gasteiger partial charge in [0.15, 0.2) is 11.5 Å². The average Bonchev–Trinajstić information content (AvgIpc) is 3.49. The Morgan fingerprint density at radius 2 is 1.63 bits per heavy atom. The van der Waals surface area contributed by atoms with E-state index in [0.717, 1.165) is 66.1 Å². The number of hydrogen-bond acceptors (Lipinski definition) is 9. The zero-order chi connectivity index (χ0) is 32.2. The Hall–Kier alpha value is -4.80. The molecule has 1 fully saturated rings. The van der Waals surface area contributed by atoms with Crippen LogP contribution in [0.15, 0.2) is 99.5 Å². The number of nitrogens with two attached hydrogens (primary N) is 1. The molecule has 0 amide bonds. The molecule has 46 heavy (non-hydrogen) atoms. The van der Waals surface area contributed by atoms with E-state index in [0.29, 0.717) is 22.2 Å². The normalized spacial score (nSPS) is 13.9. The molecule has 6 aromatic rings. The molecule has 1 aliphatic rings. The Morgan fingerprint density at radius 1 is 0.891 bits per heavy atom. The molecule has 0 atom stereocenters. The number of piperidine rings is 1. The van der Waals surface area contributed by atoms with Crippen molar-refractivity contribution in [2.75, 3.05) is 30.4 Å². The Balaban J connectivity index is 0.00000182. The average molecular weight is 632 g/mol.